The van der Waals surface area contributed by atoms with Crippen molar-refractivity contribution in [3.8, 4) is 0 Å². The quantitative estimate of drug-likeness (QED) is 0.591. The van der Waals surface area contributed by atoms with Gasteiger partial charge in [0.2, 0.25) is 10.0 Å². The predicted molar refractivity (Wildman–Crippen MR) is 82.4 cm³/mol. The van der Waals surface area contributed by atoms with E-state index in [-0.39, 0.29) is 11.4 Å². The average molecular weight is 309 g/mol. The first-order valence-corrected chi connectivity index (χ1v) is 7.98. The third kappa shape index (κ3) is 4.84. The molecule has 0 fully saturated rings. The third-order valence-electron chi connectivity index (χ3n) is 2.74. The Bertz CT molecular complexity index is 618. The van der Waals surface area contributed by atoms with Gasteiger partial charge in [0.05, 0.1) is 4.90 Å². The highest BCUT2D eigenvalue weighted by atomic mass is 32.2. The lowest BCUT2D eigenvalue weighted by Crippen LogP contribution is -2.31. The maximum Gasteiger partial charge on any atom is 0.328 e. The number of hydrogen-bond acceptors (Lipinski definition) is 3. The summed E-state index contributed by atoms with van der Waals surface area (Å²) in [7, 11) is -3.55. The number of nitrogens with zero attached hydrogens (tertiary/aromatic N) is 1. The first-order valence-electron chi connectivity index (χ1n) is 6.54. The largest absolute Gasteiger partial charge is 0.478 e. The van der Waals surface area contributed by atoms with Crippen LogP contribution in [0.2, 0.25) is 0 Å². The van der Waals surface area contributed by atoms with Crippen LogP contribution >= 0.6 is 0 Å². The predicted octanol–water partition coefficient (Wildman–Crippen LogP) is 2.37. The van der Waals surface area contributed by atoms with Crippen molar-refractivity contribution in [2.24, 2.45) is 0 Å². The van der Waals surface area contributed by atoms with Gasteiger partial charge in [0.1, 0.15) is 0 Å². The number of carbonyl (C=O) groups is 1. The van der Waals surface area contributed by atoms with Crippen LogP contribution in [0.15, 0.2) is 47.9 Å². The van der Waals surface area contributed by atoms with Crippen LogP contribution < -0.4 is 0 Å². The van der Waals surface area contributed by atoms with Crippen molar-refractivity contribution in [1.82, 2.24) is 4.31 Å². The molecule has 0 amide bonds. The monoisotopic (exact) mass is 309 g/mol. The molecule has 0 atom stereocenters. The number of sulfonamides is 1. The van der Waals surface area contributed by atoms with E-state index >= 15 is 0 Å². The minimum atomic E-state index is -3.55. The van der Waals surface area contributed by atoms with Crippen molar-refractivity contribution in [3.05, 3.63) is 48.6 Å². The Labute approximate surface area is 125 Å². The average Bonchev–Trinajstić information content (AvgIpc) is 2.45. The molecular weight excluding hydrogens is 290 g/mol. The van der Waals surface area contributed by atoms with Crippen molar-refractivity contribution in [2.75, 3.05) is 13.1 Å². The van der Waals surface area contributed by atoms with Gasteiger partial charge in [-0.2, -0.15) is 4.31 Å². The Hall–Kier alpha value is -1.92. The molecular formula is C15H19NO4S. The topological polar surface area (TPSA) is 74.7 Å². The summed E-state index contributed by atoms with van der Waals surface area (Å²) in [6.07, 6.45) is 4.68. The van der Waals surface area contributed by atoms with Crippen LogP contribution in [0.4, 0.5) is 0 Å². The number of benzene rings is 1. The van der Waals surface area contributed by atoms with Crippen molar-refractivity contribution in [1.29, 1.82) is 0 Å². The first kappa shape index (κ1) is 17.1. The maximum atomic E-state index is 12.5. The van der Waals surface area contributed by atoms with Gasteiger partial charge in [-0.1, -0.05) is 25.1 Å². The molecule has 0 aliphatic heterocycles. The number of carboxylic acid groups (broad SMARTS) is 1. The lowest BCUT2D eigenvalue weighted by molar-refractivity contribution is -0.131. The molecule has 5 nitrogen and oxygen atoms in total. The number of hydrogen-bond donors (Lipinski definition) is 1. The van der Waals surface area contributed by atoms with E-state index in [9.17, 15) is 13.2 Å². The van der Waals surface area contributed by atoms with Crippen LogP contribution in [-0.4, -0.2) is 36.9 Å². The minimum Gasteiger partial charge on any atom is -0.478 e. The second-order valence-corrected chi connectivity index (χ2v) is 6.33. The third-order valence-corrected chi connectivity index (χ3v) is 4.62. The van der Waals surface area contributed by atoms with Gasteiger partial charge in [-0.25, -0.2) is 13.2 Å². The van der Waals surface area contributed by atoms with Crippen LogP contribution in [0.1, 0.15) is 18.9 Å². The van der Waals surface area contributed by atoms with Gasteiger partial charge in [0.25, 0.3) is 0 Å². The second kappa shape index (κ2) is 7.75. The summed E-state index contributed by atoms with van der Waals surface area (Å²) in [6, 6.07) is 6.10. The Morgan fingerprint density at radius 1 is 1.33 bits per heavy atom. The number of carboxylic acids is 1. The van der Waals surface area contributed by atoms with E-state index in [0.29, 0.717) is 18.5 Å². The SMILES string of the molecule is C=CCN(CCC)S(=O)(=O)c1ccc(/C=C/C(=O)O)cc1. The smallest absolute Gasteiger partial charge is 0.328 e. The molecule has 1 rings (SSSR count). The summed E-state index contributed by atoms with van der Waals surface area (Å²) in [5.74, 6) is -1.05. The molecule has 0 aliphatic carbocycles. The van der Waals surface area contributed by atoms with Crippen LogP contribution in [0, 0.1) is 0 Å². The van der Waals surface area contributed by atoms with Crippen molar-refractivity contribution in [2.45, 2.75) is 18.2 Å². The molecule has 1 N–H and O–H groups in total. The van der Waals surface area contributed by atoms with Crippen molar-refractivity contribution >= 4 is 22.1 Å². The summed E-state index contributed by atoms with van der Waals surface area (Å²) < 4.78 is 26.3. The van der Waals surface area contributed by atoms with Gasteiger partial charge in [-0.15, -0.1) is 6.58 Å². The van der Waals surface area contributed by atoms with Crippen LogP contribution in [0.25, 0.3) is 6.08 Å². The standard InChI is InChI=1S/C15H19NO4S/c1-3-11-16(12-4-2)21(19,20)14-8-5-13(6-9-14)7-10-15(17)18/h3,5-10H,1,4,11-12H2,2H3,(H,17,18)/b10-7+. The molecule has 114 valence electrons. The fourth-order valence-corrected chi connectivity index (χ4v) is 3.27. The van der Waals surface area contributed by atoms with Gasteiger partial charge < -0.3 is 5.11 Å². The van der Waals surface area contributed by atoms with E-state index in [0.717, 1.165) is 6.08 Å². The van der Waals surface area contributed by atoms with Crippen LogP contribution in [0.5, 0.6) is 0 Å². The minimum absolute atomic E-state index is 0.185. The van der Waals surface area contributed by atoms with Gasteiger partial charge in [-0.05, 0) is 30.2 Å². The van der Waals surface area contributed by atoms with Crippen LogP contribution in [-0.2, 0) is 14.8 Å². The molecule has 0 aromatic heterocycles. The summed E-state index contributed by atoms with van der Waals surface area (Å²) in [6.45, 7) is 6.17. The van der Waals surface area contributed by atoms with E-state index in [1.54, 1.807) is 18.2 Å². The number of rotatable bonds is 8. The molecule has 0 heterocycles. The van der Waals surface area contributed by atoms with Crippen molar-refractivity contribution < 1.29 is 18.3 Å². The second-order valence-electron chi connectivity index (χ2n) is 4.39. The van der Waals surface area contributed by atoms with E-state index in [1.165, 1.54) is 22.5 Å². The van der Waals surface area contributed by atoms with E-state index in [4.69, 9.17) is 5.11 Å². The summed E-state index contributed by atoms with van der Waals surface area (Å²) in [4.78, 5) is 10.6. The van der Waals surface area contributed by atoms with Gasteiger partial charge in [-0.3, -0.25) is 0 Å². The maximum absolute atomic E-state index is 12.5. The van der Waals surface area contributed by atoms with E-state index in [1.807, 2.05) is 6.92 Å². The molecule has 6 heteroatoms. The first-order chi connectivity index (χ1) is 9.91. The number of aliphatic carboxylic acids is 1. The molecule has 0 aliphatic rings. The molecule has 0 saturated carbocycles. The van der Waals surface area contributed by atoms with E-state index in [2.05, 4.69) is 6.58 Å². The molecule has 21 heavy (non-hydrogen) atoms. The normalized spacial score (nSPS) is 11.9. The van der Waals surface area contributed by atoms with E-state index < -0.39 is 16.0 Å². The highest BCUT2D eigenvalue weighted by molar-refractivity contribution is 7.89. The Kier molecular flexibility index (Phi) is 6.33. The fourth-order valence-electron chi connectivity index (χ4n) is 1.77. The van der Waals surface area contributed by atoms with Crippen LogP contribution in [0.3, 0.4) is 0 Å². The highest BCUT2D eigenvalue weighted by Gasteiger charge is 2.22. The summed E-state index contributed by atoms with van der Waals surface area (Å²) in [5, 5.41) is 8.55. The fraction of sp³-hybridized carbons (Fsp3) is 0.267. The lowest BCUT2D eigenvalue weighted by atomic mass is 10.2. The van der Waals surface area contributed by atoms with Crippen molar-refractivity contribution in [3.63, 3.8) is 0 Å². The molecule has 0 spiro atoms. The van der Waals surface area contributed by atoms with Gasteiger partial charge in [0, 0.05) is 19.2 Å². The molecule has 0 radical (unpaired) electrons. The highest BCUT2D eigenvalue weighted by Crippen LogP contribution is 2.17. The molecule has 0 unspecified atom stereocenters. The lowest BCUT2D eigenvalue weighted by Gasteiger charge is -2.20. The molecule has 1 aromatic rings. The Morgan fingerprint density at radius 2 is 1.95 bits per heavy atom. The van der Waals surface area contributed by atoms with Gasteiger partial charge >= 0.3 is 5.97 Å². The molecule has 0 bridgehead atoms. The van der Waals surface area contributed by atoms with Gasteiger partial charge in [0.15, 0.2) is 0 Å². The zero-order valence-corrected chi connectivity index (χ0v) is 12.7. The molecule has 1 aromatic carbocycles. The molecule has 0 saturated heterocycles. The zero-order valence-electron chi connectivity index (χ0n) is 11.9. The zero-order chi connectivity index (χ0) is 15.9. The Balaban J connectivity index is 3.03. The summed E-state index contributed by atoms with van der Waals surface area (Å²) in [5.41, 5.74) is 0.627. The Morgan fingerprint density at radius 3 is 2.43 bits per heavy atom. The summed E-state index contributed by atoms with van der Waals surface area (Å²) >= 11 is 0.